The van der Waals surface area contributed by atoms with E-state index in [-0.39, 0.29) is 11.6 Å². The molecule has 0 aliphatic heterocycles. The summed E-state index contributed by atoms with van der Waals surface area (Å²) in [6.45, 7) is 8.99. The predicted molar refractivity (Wildman–Crippen MR) is 71.0 cm³/mol. The third-order valence-corrected chi connectivity index (χ3v) is 4.07. The molecule has 0 aromatic rings. The monoisotopic (exact) mass is 241 g/mol. The summed E-state index contributed by atoms with van der Waals surface area (Å²) in [6.07, 6.45) is 4.51. The molecule has 0 aromatic heterocycles. The summed E-state index contributed by atoms with van der Waals surface area (Å²) in [7, 11) is 0. The third-order valence-electron chi connectivity index (χ3n) is 4.07. The number of carbonyl (C=O) groups is 1. The Bertz CT molecular complexity index is 245. The lowest BCUT2D eigenvalue weighted by atomic mass is 9.95. The minimum atomic E-state index is -0.0750. The topological polar surface area (TPSA) is 49.6 Å². The SMILES string of the molecule is CCN(CC)C(=O)N(CC)C1(CN)CCCC1. The highest BCUT2D eigenvalue weighted by Crippen LogP contribution is 2.35. The molecule has 0 unspecified atom stereocenters. The largest absolute Gasteiger partial charge is 0.328 e. The van der Waals surface area contributed by atoms with E-state index in [0.717, 1.165) is 32.5 Å². The van der Waals surface area contributed by atoms with E-state index < -0.39 is 0 Å². The number of amides is 2. The zero-order valence-corrected chi connectivity index (χ0v) is 11.5. The van der Waals surface area contributed by atoms with Crippen LogP contribution in [0.2, 0.25) is 0 Å². The van der Waals surface area contributed by atoms with Crippen molar-refractivity contribution in [2.45, 2.75) is 52.0 Å². The molecule has 0 aromatic carbocycles. The average molecular weight is 241 g/mol. The number of rotatable bonds is 5. The molecule has 1 rings (SSSR count). The van der Waals surface area contributed by atoms with Crippen LogP contribution in [0.3, 0.4) is 0 Å². The minimum absolute atomic E-state index is 0.0750. The van der Waals surface area contributed by atoms with Crippen molar-refractivity contribution in [3.05, 3.63) is 0 Å². The van der Waals surface area contributed by atoms with Crippen LogP contribution in [-0.4, -0.2) is 47.5 Å². The van der Waals surface area contributed by atoms with Crippen molar-refractivity contribution in [3.63, 3.8) is 0 Å². The molecule has 0 bridgehead atoms. The van der Waals surface area contributed by atoms with Crippen molar-refractivity contribution in [2.24, 2.45) is 5.73 Å². The Morgan fingerprint density at radius 2 is 1.65 bits per heavy atom. The first-order chi connectivity index (χ1) is 8.15. The van der Waals surface area contributed by atoms with Gasteiger partial charge in [0, 0.05) is 26.2 Å². The van der Waals surface area contributed by atoms with E-state index in [4.69, 9.17) is 5.73 Å². The number of carbonyl (C=O) groups excluding carboxylic acids is 1. The summed E-state index contributed by atoms with van der Waals surface area (Å²) in [5.74, 6) is 0. The molecular weight excluding hydrogens is 214 g/mol. The quantitative estimate of drug-likeness (QED) is 0.801. The number of urea groups is 1. The van der Waals surface area contributed by atoms with Gasteiger partial charge in [0.25, 0.3) is 0 Å². The minimum Gasteiger partial charge on any atom is -0.328 e. The highest BCUT2D eigenvalue weighted by Gasteiger charge is 2.41. The smallest absolute Gasteiger partial charge is 0.320 e. The molecule has 17 heavy (non-hydrogen) atoms. The van der Waals surface area contributed by atoms with Gasteiger partial charge < -0.3 is 15.5 Å². The molecule has 0 spiro atoms. The molecule has 0 atom stereocenters. The van der Waals surface area contributed by atoms with Crippen LogP contribution in [0.4, 0.5) is 4.79 Å². The normalized spacial score (nSPS) is 18.1. The second-order valence-electron chi connectivity index (χ2n) is 4.83. The van der Waals surface area contributed by atoms with Crippen LogP contribution in [0.25, 0.3) is 0 Å². The first kappa shape index (κ1) is 14.3. The van der Waals surface area contributed by atoms with Gasteiger partial charge in [-0.25, -0.2) is 4.79 Å². The zero-order valence-electron chi connectivity index (χ0n) is 11.5. The molecule has 0 heterocycles. The van der Waals surface area contributed by atoms with Crippen LogP contribution in [0.15, 0.2) is 0 Å². The number of hydrogen-bond donors (Lipinski definition) is 1. The highest BCUT2D eigenvalue weighted by atomic mass is 16.2. The summed E-state index contributed by atoms with van der Waals surface area (Å²) < 4.78 is 0. The number of hydrogen-bond acceptors (Lipinski definition) is 2. The molecule has 4 heteroatoms. The van der Waals surface area contributed by atoms with Gasteiger partial charge in [0.1, 0.15) is 0 Å². The Hall–Kier alpha value is -0.770. The van der Waals surface area contributed by atoms with Gasteiger partial charge in [0.15, 0.2) is 0 Å². The predicted octanol–water partition coefficient (Wildman–Crippen LogP) is 2.04. The standard InChI is InChI=1S/C13H27N3O/c1-4-15(5-2)12(17)16(6-3)13(11-14)9-7-8-10-13/h4-11,14H2,1-3H3. The van der Waals surface area contributed by atoms with Crippen LogP contribution >= 0.6 is 0 Å². The van der Waals surface area contributed by atoms with Crippen molar-refractivity contribution in [1.82, 2.24) is 9.80 Å². The fourth-order valence-corrected chi connectivity index (χ4v) is 2.96. The van der Waals surface area contributed by atoms with Crippen LogP contribution < -0.4 is 5.73 Å². The van der Waals surface area contributed by atoms with Gasteiger partial charge in [-0.1, -0.05) is 12.8 Å². The summed E-state index contributed by atoms with van der Waals surface area (Å²) in [6, 6.07) is 0.157. The number of nitrogens with two attached hydrogens (primary N) is 1. The molecule has 0 radical (unpaired) electrons. The Morgan fingerprint density at radius 3 is 2.00 bits per heavy atom. The van der Waals surface area contributed by atoms with Gasteiger partial charge in [-0.15, -0.1) is 0 Å². The van der Waals surface area contributed by atoms with Crippen molar-refractivity contribution < 1.29 is 4.79 Å². The van der Waals surface area contributed by atoms with Gasteiger partial charge in [0.05, 0.1) is 5.54 Å². The average Bonchev–Trinajstić information content (AvgIpc) is 2.81. The first-order valence-electron chi connectivity index (χ1n) is 6.91. The van der Waals surface area contributed by atoms with E-state index in [2.05, 4.69) is 6.92 Å². The maximum Gasteiger partial charge on any atom is 0.320 e. The second-order valence-corrected chi connectivity index (χ2v) is 4.83. The van der Waals surface area contributed by atoms with Crippen molar-refractivity contribution in [2.75, 3.05) is 26.2 Å². The summed E-state index contributed by atoms with van der Waals surface area (Å²) in [5, 5.41) is 0. The van der Waals surface area contributed by atoms with Crippen LogP contribution in [-0.2, 0) is 0 Å². The molecule has 100 valence electrons. The van der Waals surface area contributed by atoms with Crippen molar-refractivity contribution in [3.8, 4) is 0 Å². The van der Waals surface area contributed by atoms with Crippen LogP contribution in [0, 0.1) is 0 Å². The molecule has 0 saturated heterocycles. The van der Waals surface area contributed by atoms with Gasteiger partial charge in [-0.05, 0) is 33.6 Å². The Balaban J connectivity index is 2.85. The molecule has 1 aliphatic rings. The molecule has 1 saturated carbocycles. The summed E-state index contributed by atoms with van der Waals surface area (Å²) in [5.41, 5.74) is 5.88. The lowest BCUT2D eigenvalue weighted by Crippen LogP contribution is -2.58. The first-order valence-corrected chi connectivity index (χ1v) is 6.91. The molecular formula is C13H27N3O. The highest BCUT2D eigenvalue weighted by molar-refractivity contribution is 5.75. The van der Waals surface area contributed by atoms with E-state index >= 15 is 0 Å². The number of likely N-dealkylation sites (N-methyl/N-ethyl adjacent to an activating group) is 1. The van der Waals surface area contributed by atoms with E-state index in [1.165, 1.54) is 12.8 Å². The Morgan fingerprint density at radius 1 is 1.12 bits per heavy atom. The maximum atomic E-state index is 12.5. The molecule has 1 fully saturated rings. The zero-order chi connectivity index (χ0) is 12.9. The molecule has 2 amide bonds. The fraction of sp³-hybridized carbons (Fsp3) is 0.923. The van der Waals surface area contributed by atoms with Crippen molar-refractivity contribution in [1.29, 1.82) is 0 Å². The van der Waals surface area contributed by atoms with Gasteiger partial charge >= 0.3 is 6.03 Å². The van der Waals surface area contributed by atoms with Crippen molar-refractivity contribution >= 4 is 6.03 Å². The Kier molecular flexibility index (Phi) is 5.25. The summed E-state index contributed by atoms with van der Waals surface area (Å²) in [4.78, 5) is 16.4. The summed E-state index contributed by atoms with van der Waals surface area (Å²) >= 11 is 0. The van der Waals surface area contributed by atoms with E-state index in [1.54, 1.807) is 0 Å². The third kappa shape index (κ3) is 2.73. The fourth-order valence-electron chi connectivity index (χ4n) is 2.96. The maximum absolute atomic E-state index is 12.5. The van der Waals surface area contributed by atoms with Gasteiger partial charge in [-0.2, -0.15) is 0 Å². The van der Waals surface area contributed by atoms with E-state index in [0.29, 0.717) is 6.54 Å². The van der Waals surface area contributed by atoms with Gasteiger partial charge in [0.2, 0.25) is 0 Å². The van der Waals surface area contributed by atoms with Crippen LogP contribution in [0.5, 0.6) is 0 Å². The number of nitrogens with zero attached hydrogens (tertiary/aromatic N) is 2. The lowest BCUT2D eigenvalue weighted by molar-refractivity contribution is 0.0959. The second kappa shape index (κ2) is 6.24. The van der Waals surface area contributed by atoms with Gasteiger partial charge in [-0.3, -0.25) is 0 Å². The molecule has 4 nitrogen and oxygen atoms in total. The van der Waals surface area contributed by atoms with E-state index in [9.17, 15) is 4.79 Å². The lowest BCUT2D eigenvalue weighted by Gasteiger charge is -2.42. The molecule has 2 N–H and O–H groups in total. The van der Waals surface area contributed by atoms with E-state index in [1.807, 2.05) is 23.6 Å². The Labute approximate surface area is 105 Å². The molecule has 1 aliphatic carbocycles. The van der Waals surface area contributed by atoms with Crippen LogP contribution in [0.1, 0.15) is 46.5 Å².